The standard InChI is InChI=1S/C11H14BrClN2O/c1-7-8(12)9(13)15-10(14-7)11(2)5-3-4-6-16-11/h3-6H2,1-2H3. The molecule has 5 heteroatoms. The molecule has 0 spiro atoms. The van der Waals surface area contributed by atoms with E-state index in [4.69, 9.17) is 16.3 Å². The summed E-state index contributed by atoms with van der Waals surface area (Å²) >= 11 is 9.40. The minimum atomic E-state index is -0.382. The molecule has 1 aliphatic rings. The second kappa shape index (κ2) is 4.59. The molecule has 2 rings (SSSR count). The van der Waals surface area contributed by atoms with Crippen LogP contribution in [-0.2, 0) is 10.3 Å². The third-order valence-corrected chi connectivity index (χ3v) is 4.37. The zero-order valence-corrected chi connectivity index (χ0v) is 11.7. The van der Waals surface area contributed by atoms with E-state index < -0.39 is 0 Å². The summed E-state index contributed by atoms with van der Waals surface area (Å²) in [5, 5.41) is 0.456. The highest BCUT2D eigenvalue weighted by atomic mass is 79.9. The summed E-state index contributed by atoms with van der Waals surface area (Å²) < 4.78 is 6.56. The molecule has 1 fully saturated rings. The predicted molar refractivity (Wildman–Crippen MR) is 66.6 cm³/mol. The van der Waals surface area contributed by atoms with Gasteiger partial charge in [0.15, 0.2) is 5.82 Å². The fraction of sp³-hybridized carbons (Fsp3) is 0.636. The first kappa shape index (κ1) is 12.3. The number of aromatic nitrogens is 2. The molecule has 1 aromatic heterocycles. The number of rotatable bonds is 1. The Balaban J connectivity index is 2.39. The van der Waals surface area contributed by atoms with Crippen LogP contribution in [0.15, 0.2) is 4.47 Å². The van der Waals surface area contributed by atoms with Crippen LogP contribution in [-0.4, -0.2) is 16.6 Å². The molecule has 1 aromatic rings. The normalized spacial score (nSPS) is 25.8. The third kappa shape index (κ3) is 2.24. The summed E-state index contributed by atoms with van der Waals surface area (Å²) in [5.41, 5.74) is 0.471. The van der Waals surface area contributed by atoms with Crippen LogP contribution in [0.2, 0.25) is 5.15 Å². The summed E-state index contributed by atoms with van der Waals surface area (Å²) in [6.45, 7) is 4.71. The Labute approximate surface area is 109 Å². The van der Waals surface area contributed by atoms with Gasteiger partial charge in [0, 0.05) is 6.61 Å². The van der Waals surface area contributed by atoms with Crippen LogP contribution < -0.4 is 0 Å². The maximum absolute atomic E-state index is 6.05. The quantitative estimate of drug-likeness (QED) is 0.743. The molecule has 1 saturated heterocycles. The van der Waals surface area contributed by atoms with Crippen molar-refractivity contribution in [3.63, 3.8) is 0 Å². The molecule has 0 N–H and O–H groups in total. The SMILES string of the molecule is Cc1nc(C2(C)CCCCO2)nc(Cl)c1Br. The van der Waals surface area contributed by atoms with Crippen LogP contribution in [0.3, 0.4) is 0 Å². The van der Waals surface area contributed by atoms with Crippen molar-refractivity contribution < 1.29 is 4.74 Å². The van der Waals surface area contributed by atoms with Crippen LogP contribution in [0.25, 0.3) is 0 Å². The molecule has 0 amide bonds. The minimum Gasteiger partial charge on any atom is -0.367 e. The van der Waals surface area contributed by atoms with Crippen molar-refractivity contribution in [3.8, 4) is 0 Å². The van der Waals surface area contributed by atoms with Crippen molar-refractivity contribution >= 4 is 27.5 Å². The van der Waals surface area contributed by atoms with Crippen molar-refractivity contribution in [2.45, 2.75) is 38.7 Å². The molecule has 88 valence electrons. The zero-order chi connectivity index (χ0) is 11.8. The summed E-state index contributed by atoms with van der Waals surface area (Å²) in [7, 11) is 0. The molecule has 0 saturated carbocycles. The van der Waals surface area contributed by atoms with E-state index in [1.165, 1.54) is 0 Å². The summed E-state index contributed by atoms with van der Waals surface area (Å²) in [6, 6.07) is 0. The Morgan fingerprint density at radius 3 is 2.69 bits per heavy atom. The van der Waals surface area contributed by atoms with E-state index >= 15 is 0 Å². The number of halogens is 2. The highest BCUT2D eigenvalue weighted by Gasteiger charge is 2.33. The van der Waals surface area contributed by atoms with Gasteiger partial charge in [-0.15, -0.1) is 0 Å². The predicted octanol–water partition coefficient (Wildman–Crippen LogP) is 3.62. The zero-order valence-electron chi connectivity index (χ0n) is 9.39. The van der Waals surface area contributed by atoms with Crippen LogP contribution >= 0.6 is 27.5 Å². The maximum Gasteiger partial charge on any atom is 0.161 e. The lowest BCUT2D eigenvalue weighted by Gasteiger charge is -2.32. The van der Waals surface area contributed by atoms with E-state index in [1.807, 2.05) is 13.8 Å². The first-order chi connectivity index (χ1) is 7.53. The number of ether oxygens (including phenoxy) is 1. The highest BCUT2D eigenvalue weighted by Crippen LogP contribution is 2.34. The molecular weight excluding hydrogens is 291 g/mol. The largest absolute Gasteiger partial charge is 0.367 e. The first-order valence-corrected chi connectivity index (χ1v) is 6.54. The van der Waals surface area contributed by atoms with Crippen LogP contribution in [0, 0.1) is 6.92 Å². The molecule has 16 heavy (non-hydrogen) atoms. The second-order valence-electron chi connectivity index (χ2n) is 4.27. The third-order valence-electron chi connectivity index (χ3n) is 2.92. The van der Waals surface area contributed by atoms with Gasteiger partial charge < -0.3 is 4.74 Å². The smallest absolute Gasteiger partial charge is 0.161 e. The molecule has 1 aliphatic heterocycles. The minimum absolute atomic E-state index is 0.382. The lowest BCUT2D eigenvalue weighted by molar-refractivity contribution is -0.0761. The van der Waals surface area contributed by atoms with Gasteiger partial charge in [-0.2, -0.15) is 0 Å². The van der Waals surface area contributed by atoms with Crippen molar-refractivity contribution in [2.24, 2.45) is 0 Å². The molecule has 0 aromatic carbocycles. The molecular formula is C11H14BrClN2O. The van der Waals surface area contributed by atoms with Gasteiger partial charge in [-0.05, 0) is 49.0 Å². The Kier molecular flexibility index (Phi) is 3.52. The second-order valence-corrected chi connectivity index (χ2v) is 5.42. The van der Waals surface area contributed by atoms with E-state index in [2.05, 4.69) is 25.9 Å². The van der Waals surface area contributed by atoms with Gasteiger partial charge in [0.05, 0.1) is 10.2 Å². The van der Waals surface area contributed by atoms with Gasteiger partial charge >= 0.3 is 0 Å². The fourth-order valence-corrected chi connectivity index (χ4v) is 2.27. The molecule has 1 unspecified atom stereocenters. The lowest BCUT2D eigenvalue weighted by atomic mass is 9.95. The molecule has 1 atom stereocenters. The highest BCUT2D eigenvalue weighted by molar-refractivity contribution is 9.10. The van der Waals surface area contributed by atoms with Gasteiger partial charge in [0.25, 0.3) is 0 Å². The van der Waals surface area contributed by atoms with Gasteiger partial charge in [0.1, 0.15) is 10.8 Å². The average molecular weight is 306 g/mol. The summed E-state index contributed by atoms with van der Waals surface area (Å²) in [6.07, 6.45) is 3.20. The molecule has 0 aliphatic carbocycles. The van der Waals surface area contributed by atoms with Gasteiger partial charge in [0.2, 0.25) is 0 Å². The Bertz CT molecular complexity index is 382. The van der Waals surface area contributed by atoms with Crippen molar-refractivity contribution in [2.75, 3.05) is 6.61 Å². The van der Waals surface area contributed by atoms with E-state index in [0.29, 0.717) is 11.0 Å². The first-order valence-electron chi connectivity index (χ1n) is 5.37. The van der Waals surface area contributed by atoms with Crippen molar-refractivity contribution in [1.29, 1.82) is 0 Å². The van der Waals surface area contributed by atoms with Crippen LogP contribution in [0.5, 0.6) is 0 Å². The van der Waals surface area contributed by atoms with Crippen LogP contribution in [0.1, 0.15) is 37.7 Å². The molecule has 2 heterocycles. The van der Waals surface area contributed by atoms with E-state index in [9.17, 15) is 0 Å². The van der Waals surface area contributed by atoms with E-state index in [-0.39, 0.29) is 5.60 Å². The van der Waals surface area contributed by atoms with Gasteiger partial charge in [-0.3, -0.25) is 0 Å². The fourth-order valence-electron chi connectivity index (χ4n) is 1.87. The number of hydrogen-bond donors (Lipinski definition) is 0. The average Bonchev–Trinajstić information content (AvgIpc) is 2.26. The van der Waals surface area contributed by atoms with Gasteiger partial charge in [-0.25, -0.2) is 9.97 Å². The maximum atomic E-state index is 6.05. The number of hydrogen-bond acceptors (Lipinski definition) is 3. The van der Waals surface area contributed by atoms with E-state index in [1.54, 1.807) is 0 Å². The molecule has 0 bridgehead atoms. The Hall–Kier alpha value is -0.190. The Morgan fingerprint density at radius 1 is 1.38 bits per heavy atom. The monoisotopic (exact) mass is 304 g/mol. The molecule has 0 radical (unpaired) electrons. The lowest BCUT2D eigenvalue weighted by Crippen LogP contribution is -2.32. The number of nitrogens with zero attached hydrogens (tertiary/aromatic N) is 2. The van der Waals surface area contributed by atoms with Crippen molar-refractivity contribution in [3.05, 3.63) is 21.1 Å². The van der Waals surface area contributed by atoms with Crippen molar-refractivity contribution in [1.82, 2.24) is 9.97 Å². The van der Waals surface area contributed by atoms with E-state index in [0.717, 1.165) is 36.0 Å². The summed E-state index contributed by atoms with van der Waals surface area (Å²) in [5.74, 6) is 0.693. The Morgan fingerprint density at radius 2 is 2.12 bits per heavy atom. The topological polar surface area (TPSA) is 35.0 Å². The van der Waals surface area contributed by atoms with Crippen LogP contribution in [0.4, 0.5) is 0 Å². The van der Waals surface area contributed by atoms with Gasteiger partial charge in [-0.1, -0.05) is 11.6 Å². The number of aryl methyl sites for hydroxylation is 1. The molecule has 3 nitrogen and oxygen atoms in total. The summed E-state index contributed by atoms with van der Waals surface area (Å²) in [4.78, 5) is 8.77.